The molecular weight excluding hydrogens is 302 g/mol. The highest BCUT2D eigenvalue weighted by molar-refractivity contribution is 9.10. The van der Waals surface area contributed by atoms with Crippen molar-refractivity contribution in [2.75, 3.05) is 0 Å². The van der Waals surface area contributed by atoms with Gasteiger partial charge in [-0.2, -0.15) is 0 Å². The molecule has 2 aromatic rings. The summed E-state index contributed by atoms with van der Waals surface area (Å²) in [4.78, 5) is 4.43. The van der Waals surface area contributed by atoms with E-state index in [0.29, 0.717) is 6.54 Å². The summed E-state index contributed by atoms with van der Waals surface area (Å²) in [5, 5.41) is 0. The minimum absolute atomic E-state index is 0.171. The average molecular weight is 322 g/mol. The number of nitrogens with zero attached hydrogens (tertiary/aromatic N) is 2. The quantitative estimate of drug-likeness (QED) is 0.918. The Morgan fingerprint density at radius 1 is 1.21 bits per heavy atom. The van der Waals surface area contributed by atoms with Gasteiger partial charge in [-0.25, -0.2) is 4.98 Å². The molecule has 0 atom stereocenters. The second-order valence-electron chi connectivity index (χ2n) is 5.76. The number of imidazole rings is 1. The van der Waals surface area contributed by atoms with Gasteiger partial charge in [0.2, 0.25) is 0 Å². The highest BCUT2D eigenvalue weighted by atomic mass is 79.9. The lowest BCUT2D eigenvalue weighted by Crippen LogP contribution is -2.10. The Balaban J connectivity index is 2.46. The van der Waals surface area contributed by atoms with Crippen molar-refractivity contribution in [1.29, 1.82) is 0 Å². The molecule has 1 heterocycles. The second-order valence-corrected chi connectivity index (χ2v) is 6.51. The van der Waals surface area contributed by atoms with Crippen LogP contribution in [0, 0.1) is 0 Å². The first-order valence-electron chi connectivity index (χ1n) is 6.36. The third-order valence-corrected chi connectivity index (χ3v) is 3.91. The van der Waals surface area contributed by atoms with Gasteiger partial charge in [0, 0.05) is 12.6 Å². The maximum absolute atomic E-state index is 5.69. The number of rotatable bonds is 2. The molecular formula is C15H20BrN3. The Hall–Kier alpha value is -1.13. The monoisotopic (exact) mass is 321 g/mol. The summed E-state index contributed by atoms with van der Waals surface area (Å²) in [5.74, 6) is 0.877. The zero-order valence-electron chi connectivity index (χ0n) is 11.9. The molecule has 0 unspecified atom stereocenters. The van der Waals surface area contributed by atoms with Crippen LogP contribution in [0.4, 0.5) is 0 Å². The first-order valence-corrected chi connectivity index (χ1v) is 7.16. The van der Waals surface area contributed by atoms with E-state index in [4.69, 9.17) is 5.73 Å². The standard InChI is InChI=1S/C15H20BrN3/c1-15(2,3)11-7-5-10(6-8-11)13-14(16)18-12(9-17)19(13)4/h5-8H,9,17H2,1-4H3. The minimum Gasteiger partial charge on any atom is -0.329 e. The van der Waals surface area contributed by atoms with Crippen molar-refractivity contribution in [3.63, 3.8) is 0 Å². The molecule has 3 nitrogen and oxygen atoms in total. The highest BCUT2D eigenvalue weighted by Gasteiger charge is 2.16. The predicted molar refractivity (Wildman–Crippen MR) is 82.9 cm³/mol. The van der Waals surface area contributed by atoms with Gasteiger partial charge >= 0.3 is 0 Å². The van der Waals surface area contributed by atoms with Gasteiger partial charge in [-0.05, 0) is 26.9 Å². The van der Waals surface area contributed by atoms with Gasteiger partial charge in [-0.1, -0.05) is 45.0 Å². The third kappa shape index (κ3) is 2.74. The maximum atomic E-state index is 5.69. The van der Waals surface area contributed by atoms with Crippen molar-refractivity contribution < 1.29 is 0 Å². The molecule has 102 valence electrons. The van der Waals surface area contributed by atoms with Gasteiger partial charge in [-0.3, -0.25) is 0 Å². The summed E-state index contributed by atoms with van der Waals surface area (Å²) in [6.07, 6.45) is 0. The molecule has 19 heavy (non-hydrogen) atoms. The Kier molecular flexibility index (Phi) is 3.83. The van der Waals surface area contributed by atoms with Crippen molar-refractivity contribution in [2.45, 2.75) is 32.7 Å². The van der Waals surface area contributed by atoms with Gasteiger partial charge in [0.25, 0.3) is 0 Å². The number of hydrogen-bond donors (Lipinski definition) is 1. The van der Waals surface area contributed by atoms with Gasteiger partial charge < -0.3 is 10.3 Å². The molecule has 0 fully saturated rings. The van der Waals surface area contributed by atoms with Crippen LogP contribution >= 0.6 is 15.9 Å². The molecule has 0 radical (unpaired) electrons. The van der Waals surface area contributed by atoms with Crippen molar-refractivity contribution in [1.82, 2.24) is 9.55 Å². The van der Waals surface area contributed by atoms with Crippen molar-refractivity contribution in [3.8, 4) is 11.3 Å². The molecule has 0 aliphatic heterocycles. The first-order chi connectivity index (χ1) is 8.84. The van der Waals surface area contributed by atoms with Gasteiger partial charge in [-0.15, -0.1) is 0 Å². The summed E-state index contributed by atoms with van der Waals surface area (Å²) in [6, 6.07) is 8.64. The second kappa shape index (κ2) is 5.10. The number of halogens is 1. The summed E-state index contributed by atoms with van der Waals surface area (Å²) < 4.78 is 2.88. The van der Waals surface area contributed by atoms with E-state index < -0.39 is 0 Å². The smallest absolute Gasteiger partial charge is 0.132 e. The summed E-state index contributed by atoms with van der Waals surface area (Å²) in [6.45, 7) is 7.09. The zero-order chi connectivity index (χ0) is 14.2. The van der Waals surface area contributed by atoms with E-state index in [-0.39, 0.29) is 5.41 Å². The SMILES string of the molecule is Cn1c(CN)nc(Br)c1-c1ccc(C(C)(C)C)cc1. The molecule has 0 saturated heterocycles. The van der Waals surface area contributed by atoms with Gasteiger partial charge in [0.1, 0.15) is 10.4 Å². The lowest BCUT2D eigenvalue weighted by atomic mass is 9.86. The van der Waals surface area contributed by atoms with Crippen molar-refractivity contribution >= 4 is 15.9 Å². The molecule has 4 heteroatoms. The van der Waals surface area contributed by atoms with E-state index in [0.717, 1.165) is 21.7 Å². The number of nitrogens with two attached hydrogens (primary N) is 1. The molecule has 0 saturated carbocycles. The Morgan fingerprint density at radius 2 is 1.79 bits per heavy atom. The Bertz CT molecular complexity index is 577. The lowest BCUT2D eigenvalue weighted by Gasteiger charge is -2.19. The van der Waals surface area contributed by atoms with Gasteiger partial charge in [0.05, 0.1) is 12.2 Å². The molecule has 2 N–H and O–H groups in total. The van der Waals surface area contributed by atoms with Crippen LogP contribution < -0.4 is 5.73 Å². The fraction of sp³-hybridized carbons (Fsp3) is 0.400. The fourth-order valence-electron chi connectivity index (χ4n) is 2.13. The van der Waals surface area contributed by atoms with E-state index in [9.17, 15) is 0 Å². The molecule has 0 spiro atoms. The third-order valence-electron chi connectivity index (χ3n) is 3.35. The summed E-state index contributed by atoms with van der Waals surface area (Å²) in [5.41, 5.74) is 9.40. The fourth-order valence-corrected chi connectivity index (χ4v) is 2.83. The van der Waals surface area contributed by atoms with Crippen molar-refractivity contribution in [3.05, 3.63) is 40.3 Å². The van der Waals surface area contributed by atoms with Gasteiger partial charge in [0.15, 0.2) is 0 Å². The van der Waals surface area contributed by atoms with E-state index in [1.54, 1.807) is 0 Å². The molecule has 2 rings (SSSR count). The van der Waals surface area contributed by atoms with Crippen molar-refractivity contribution in [2.24, 2.45) is 12.8 Å². The largest absolute Gasteiger partial charge is 0.329 e. The normalized spacial score (nSPS) is 11.9. The summed E-state index contributed by atoms with van der Waals surface area (Å²) >= 11 is 3.52. The Labute approximate surface area is 123 Å². The van der Waals surface area contributed by atoms with Crippen LogP contribution in [0.5, 0.6) is 0 Å². The molecule has 0 aliphatic carbocycles. The molecule has 0 amide bonds. The molecule has 1 aromatic heterocycles. The maximum Gasteiger partial charge on any atom is 0.132 e. The Morgan fingerprint density at radius 3 is 2.21 bits per heavy atom. The molecule has 1 aromatic carbocycles. The lowest BCUT2D eigenvalue weighted by molar-refractivity contribution is 0.590. The minimum atomic E-state index is 0.171. The molecule has 0 aliphatic rings. The van der Waals surface area contributed by atoms with E-state index >= 15 is 0 Å². The van der Waals surface area contributed by atoms with Crippen LogP contribution in [0.1, 0.15) is 32.2 Å². The van der Waals surface area contributed by atoms with Crippen LogP contribution in [0.15, 0.2) is 28.9 Å². The highest BCUT2D eigenvalue weighted by Crippen LogP contribution is 2.30. The van der Waals surface area contributed by atoms with E-state index in [1.165, 1.54) is 5.56 Å². The first kappa shape index (κ1) is 14.3. The average Bonchev–Trinajstić information content (AvgIpc) is 2.63. The topological polar surface area (TPSA) is 43.8 Å². The van der Waals surface area contributed by atoms with Crippen LogP contribution in [0.3, 0.4) is 0 Å². The van der Waals surface area contributed by atoms with Crippen LogP contribution in [0.2, 0.25) is 0 Å². The summed E-state index contributed by atoms with van der Waals surface area (Å²) in [7, 11) is 1.99. The number of benzene rings is 1. The zero-order valence-corrected chi connectivity index (χ0v) is 13.5. The van der Waals surface area contributed by atoms with Crippen LogP contribution in [-0.4, -0.2) is 9.55 Å². The van der Waals surface area contributed by atoms with E-state index in [2.05, 4.69) is 66.0 Å². The number of hydrogen-bond acceptors (Lipinski definition) is 2. The predicted octanol–water partition coefficient (Wildman–Crippen LogP) is 3.61. The van der Waals surface area contributed by atoms with Crippen LogP contribution in [-0.2, 0) is 19.0 Å². The molecule has 0 bridgehead atoms. The van der Waals surface area contributed by atoms with E-state index in [1.807, 2.05) is 11.6 Å². The number of aromatic nitrogens is 2. The van der Waals surface area contributed by atoms with Crippen LogP contribution in [0.25, 0.3) is 11.3 Å².